The van der Waals surface area contributed by atoms with Gasteiger partial charge in [-0.1, -0.05) is 30.3 Å². The maximum Gasteiger partial charge on any atom is 0.243 e. The largest absolute Gasteiger partial charge is 0.370 e. The van der Waals surface area contributed by atoms with Gasteiger partial charge in [-0.2, -0.15) is 0 Å². The van der Waals surface area contributed by atoms with Crippen molar-refractivity contribution in [2.24, 2.45) is 5.73 Å². The third-order valence-corrected chi connectivity index (χ3v) is 3.33. The molecule has 1 aromatic carbocycles. The molecule has 1 amide bonds. The number of nitrogens with two attached hydrogens (primary N) is 1. The van der Waals surface area contributed by atoms with Crippen molar-refractivity contribution in [2.45, 2.75) is 24.8 Å². The van der Waals surface area contributed by atoms with E-state index in [4.69, 9.17) is 10.5 Å². The van der Waals surface area contributed by atoms with Gasteiger partial charge in [0.15, 0.2) is 0 Å². The zero-order valence-corrected chi connectivity index (χ0v) is 10.5. The summed E-state index contributed by atoms with van der Waals surface area (Å²) in [6.45, 7) is 1.33. The van der Waals surface area contributed by atoms with E-state index in [1.54, 1.807) is 0 Å². The number of benzene rings is 1. The van der Waals surface area contributed by atoms with Crippen molar-refractivity contribution in [3.8, 4) is 0 Å². The fourth-order valence-corrected chi connectivity index (χ4v) is 2.29. The lowest BCUT2D eigenvalue weighted by molar-refractivity contribution is -0.122. The number of amides is 1. The average molecular weight is 248 g/mol. The molecule has 98 valence electrons. The summed E-state index contributed by atoms with van der Waals surface area (Å²) in [6.07, 6.45) is 2.36. The van der Waals surface area contributed by atoms with Gasteiger partial charge in [-0.25, -0.2) is 0 Å². The van der Waals surface area contributed by atoms with E-state index in [-0.39, 0.29) is 6.61 Å². The molecule has 0 radical (unpaired) electrons. The second-order valence-corrected chi connectivity index (χ2v) is 4.75. The summed E-state index contributed by atoms with van der Waals surface area (Å²) in [4.78, 5) is 10.4. The Balaban J connectivity index is 1.55. The van der Waals surface area contributed by atoms with Gasteiger partial charge in [0.25, 0.3) is 0 Å². The van der Waals surface area contributed by atoms with E-state index in [0.29, 0.717) is 18.6 Å². The lowest BCUT2D eigenvalue weighted by atomic mass is 9.76. The number of nitrogens with one attached hydrogen (secondary N) is 1. The highest BCUT2D eigenvalue weighted by Gasteiger charge is 2.29. The predicted molar refractivity (Wildman–Crippen MR) is 70.2 cm³/mol. The van der Waals surface area contributed by atoms with Crippen LogP contribution in [0.4, 0.5) is 0 Å². The van der Waals surface area contributed by atoms with Gasteiger partial charge in [0.2, 0.25) is 5.91 Å². The average Bonchev–Trinajstić information content (AvgIpc) is 2.32. The Morgan fingerprint density at radius 3 is 2.72 bits per heavy atom. The molecule has 1 aliphatic rings. The van der Waals surface area contributed by atoms with E-state index in [9.17, 15) is 4.79 Å². The first-order valence-electron chi connectivity index (χ1n) is 6.40. The van der Waals surface area contributed by atoms with Crippen LogP contribution in [0.1, 0.15) is 24.3 Å². The van der Waals surface area contributed by atoms with Gasteiger partial charge in [0.05, 0.1) is 6.61 Å². The Kier molecular flexibility index (Phi) is 4.73. The maximum absolute atomic E-state index is 10.4. The Hall–Kier alpha value is -1.39. The molecule has 0 saturated heterocycles. The predicted octanol–water partition coefficient (Wildman–Crippen LogP) is 1.02. The fraction of sp³-hybridized carbons (Fsp3) is 0.500. The molecule has 0 aromatic heterocycles. The zero-order valence-electron chi connectivity index (χ0n) is 10.5. The Morgan fingerprint density at radius 1 is 1.33 bits per heavy atom. The number of ether oxygens (including phenoxy) is 1. The molecule has 0 spiro atoms. The van der Waals surface area contributed by atoms with Crippen molar-refractivity contribution in [3.05, 3.63) is 35.9 Å². The minimum absolute atomic E-state index is 0.0129. The number of hydrogen-bond acceptors (Lipinski definition) is 3. The van der Waals surface area contributed by atoms with Crippen molar-refractivity contribution < 1.29 is 9.53 Å². The van der Waals surface area contributed by atoms with Crippen LogP contribution in [0.3, 0.4) is 0 Å². The minimum atomic E-state index is -0.414. The molecule has 2 rings (SSSR count). The molecule has 3 N–H and O–H groups in total. The quantitative estimate of drug-likeness (QED) is 0.708. The van der Waals surface area contributed by atoms with Crippen molar-refractivity contribution in [2.75, 3.05) is 19.8 Å². The molecule has 4 nitrogen and oxygen atoms in total. The molecule has 0 aliphatic heterocycles. The van der Waals surface area contributed by atoms with Crippen molar-refractivity contribution >= 4 is 5.91 Å². The highest BCUT2D eigenvalue weighted by molar-refractivity contribution is 5.74. The van der Waals surface area contributed by atoms with Crippen LogP contribution >= 0.6 is 0 Å². The summed E-state index contributed by atoms with van der Waals surface area (Å²) in [5, 5.41) is 3.42. The molecule has 4 heteroatoms. The van der Waals surface area contributed by atoms with E-state index < -0.39 is 5.91 Å². The van der Waals surface area contributed by atoms with Gasteiger partial charge in [-0.05, 0) is 24.3 Å². The molecular weight excluding hydrogens is 228 g/mol. The van der Waals surface area contributed by atoms with Gasteiger partial charge >= 0.3 is 0 Å². The highest BCUT2D eigenvalue weighted by Crippen LogP contribution is 2.36. The lowest BCUT2D eigenvalue weighted by Crippen LogP contribution is -2.41. The molecule has 0 heterocycles. The molecule has 1 saturated carbocycles. The normalized spacial score (nSPS) is 22.4. The molecule has 0 unspecified atom stereocenters. The monoisotopic (exact) mass is 248 g/mol. The first kappa shape index (κ1) is 13.1. The van der Waals surface area contributed by atoms with E-state index in [2.05, 4.69) is 29.6 Å². The fourth-order valence-electron chi connectivity index (χ4n) is 2.29. The Bertz CT molecular complexity index is 375. The number of carbonyl (C=O) groups excluding carboxylic acids is 1. The first-order valence-corrected chi connectivity index (χ1v) is 6.40. The van der Waals surface area contributed by atoms with Gasteiger partial charge < -0.3 is 15.8 Å². The number of carbonyl (C=O) groups is 1. The summed E-state index contributed by atoms with van der Waals surface area (Å²) in [5.41, 5.74) is 6.40. The SMILES string of the molecule is NC(=O)COCCNC1CC(c2ccccc2)C1. The minimum Gasteiger partial charge on any atom is -0.370 e. The first-order chi connectivity index (χ1) is 8.75. The zero-order chi connectivity index (χ0) is 12.8. The van der Waals surface area contributed by atoms with Crippen LogP contribution in [-0.4, -0.2) is 31.7 Å². The van der Waals surface area contributed by atoms with Crippen LogP contribution in [0.5, 0.6) is 0 Å². The summed E-state index contributed by atoms with van der Waals surface area (Å²) in [7, 11) is 0. The molecule has 1 aliphatic carbocycles. The van der Waals surface area contributed by atoms with E-state index in [1.165, 1.54) is 18.4 Å². The second kappa shape index (κ2) is 6.52. The van der Waals surface area contributed by atoms with Crippen LogP contribution < -0.4 is 11.1 Å². The smallest absolute Gasteiger partial charge is 0.243 e. The van der Waals surface area contributed by atoms with E-state index in [0.717, 1.165) is 6.54 Å². The van der Waals surface area contributed by atoms with Crippen LogP contribution in [0.15, 0.2) is 30.3 Å². The summed E-state index contributed by atoms with van der Waals surface area (Å²) in [5.74, 6) is 0.276. The molecule has 1 aromatic rings. The molecule has 18 heavy (non-hydrogen) atoms. The van der Waals surface area contributed by atoms with Gasteiger partial charge in [0, 0.05) is 12.6 Å². The lowest BCUT2D eigenvalue weighted by Gasteiger charge is -2.36. The van der Waals surface area contributed by atoms with Gasteiger partial charge in [-0.15, -0.1) is 0 Å². The van der Waals surface area contributed by atoms with Crippen LogP contribution in [0.2, 0.25) is 0 Å². The third kappa shape index (κ3) is 3.82. The number of rotatable bonds is 7. The van der Waals surface area contributed by atoms with E-state index in [1.807, 2.05) is 6.07 Å². The van der Waals surface area contributed by atoms with Gasteiger partial charge in [-0.3, -0.25) is 4.79 Å². The topological polar surface area (TPSA) is 64.4 Å². The molecule has 1 fully saturated rings. The number of primary amides is 1. The molecule has 0 atom stereocenters. The van der Waals surface area contributed by atoms with Crippen molar-refractivity contribution in [3.63, 3.8) is 0 Å². The van der Waals surface area contributed by atoms with Crippen LogP contribution in [0, 0.1) is 0 Å². The summed E-state index contributed by atoms with van der Waals surface area (Å²) < 4.78 is 5.09. The third-order valence-electron chi connectivity index (χ3n) is 3.33. The Morgan fingerprint density at radius 2 is 2.06 bits per heavy atom. The number of hydrogen-bond donors (Lipinski definition) is 2. The standard InChI is InChI=1S/C14H20N2O2/c15-14(17)10-18-7-6-16-13-8-12(9-13)11-4-2-1-3-5-11/h1-5,12-13,16H,6-10H2,(H2,15,17). The van der Waals surface area contributed by atoms with E-state index >= 15 is 0 Å². The maximum atomic E-state index is 10.4. The second-order valence-electron chi connectivity index (χ2n) is 4.75. The summed E-state index contributed by atoms with van der Waals surface area (Å²) in [6, 6.07) is 11.2. The summed E-state index contributed by atoms with van der Waals surface area (Å²) >= 11 is 0. The van der Waals surface area contributed by atoms with Gasteiger partial charge in [0.1, 0.15) is 6.61 Å². The molecule has 0 bridgehead atoms. The van der Waals surface area contributed by atoms with Crippen molar-refractivity contribution in [1.82, 2.24) is 5.32 Å². The highest BCUT2D eigenvalue weighted by atomic mass is 16.5. The Labute approximate surface area is 108 Å². The van der Waals surface area contributed by atoms with Crippen molar-refractivity contribution in [1.29, 1.82) is 0 Å². The van der Waals surface area contributed by atoms with Crippen LogP contribution in [0.25, 0.3) is 0 Å². The van der Waals surface area contributed by atoms with Crippen LogP contribution in [-0.2, 0) is 9.53 Å². The molecular formula is C14H20N2O2.